The molecule has 25 heavy (non-hydrogen) atoms. The number of carbonyl (C=O) groups excluding carboxylic acids is 2. The lowest BCUT2D eigenvalue weighted by Crippen LogP contribution is -2.43. The summed E-state index contributed by atoms with van der Waals surface area (Å²) < 4.78 is 12.0. The molecule has 0 aromatic carbocycles. The van der Waals surface area contributed by atoms with Gasteiger partial charge in [-0.1, -0.05) is 0 Å². The Balaban J connectivity index is 1.93. The molecule has 0 unspecified atom stereocenters. The van der Waals surface area contributed by atoms with Crippen LogP contribution in [0.2, 0.25) is 0 Å². The number of amides is 2. The lowest BCUT2D eigenvalue weighted by molar-refractivity contribution is 0.0896. The average molecular weight is 346 g/mol. The summed E-state index contributed by atoms with van der Waals surface area (Å²) in [6.45, 7) is 5.79. The Hall–Kier alpha value is -3.17. The van der Waals surface area contributed by atoms with Crippen LogP contribution in [0.4, 0.5) is 0 Å². The van der Waals surface area contributed by atoms with Crippen LogP contribution in [0.15, 0.2) is 12.3 Å². The summed E-state index contributed by atoms with van der Waals surface area (Å²) in [7, 11) is 0. The Morgan fingerprint density at radius 2 is 2.12 bits per heavy atom. The molecule has 0 fully saturated rings. The molecule has 3 N–H and O–H groups in total. The SMILES string of the molecule is CCn1nccc1C(=O)NC(C)(C)c1nc2c(c(C(N)=O)n1)OCO2. The Kier molecular flexibility index (Phi) is 4.03. The highest BCUT2D eigenvalue weighted by molar-refractivity contribution is 5.94. The highest BCUT2D eigenvalue weighted by atomic mass is 16.7. The van der Waals surface area contributed by atoms with E-state index in [0.717, 1.165) is 0 Å². The van der Waals surface area contributed by atoms with Gasteiger partial charge in [-0.15, -0.1) is 0 Å². The van der Waals surface area contributed by atoms with Crippen LogP contribution in [0.1, 0.15) is 47.6 Å². The second-order valence-electron chi connectivity index (χ2n) is 5.91. The van der Waals surface area contributed by atoms with Crippen molar-refractivity contribution in [1.82, 2.24) is 25.1 Å². The first-order chi connectivity index (χ1) is 11.8. The summed E-state index contributed by atoms with van der Waals surface area (Å²) >= 11 is 0. The van der Waals surface area contributed by atoms with Gasteiger partial charge < -0.3 is 20.5 Å². The quantitative estimate of drug-likeness (QED) is 0.789. The molecular weight excluding hydrogens is 328 g/mol. The van der Waals surface area contributed by atoms with Crippen molar-refractivity contribution >= 4 is 11.8 Å². The molecule has 10 nitrogen and oxygen atoms in total. The summed E-state index contributed by atoms with van der Waals surface area (Å²) in [4.78, 5) is 32.6. The number of fused-ring (bicyclic) bond motifs is 1. The number of hydrogen-bond acceptors (Lipinski definition) is 7. The van der Waals surface area contributed by atoms with Crippen molar-refractivity contribution in [3.8, 4) is 11.6 Å². The predicted octanol–water partition coefficient (Wildman–Crippen LogP) is 0.186. The van der Waals surface area contributed by atoms with E-state index >= 15 is 0 Å². The highest BCUT2D eigenvalue weighted by Crippen LogP contribution is 2.34. The van der Waals surface area contributed by atoms with Gasteiger partial charge >= 0.3 is 0 Å². The van der Waals surface area contributed by atoms with Gasteiger partial charge in [0.1, 0.15) is 5.69 Å². The van der Waals surface area contributed by atoms with Gasteiger partial charge in [0.05, 0.1) is 5.54 Å². The molecule has 3 heterocycles. The number of carbonyl (C=O) groups is 2. The standard InChI is InChI=1S/C15H18N6O4/c1-4-21-8(5-6-17-21)12(23)20-15(2,3)14-18-9(11(16)22)10-13(19-14)25-7-24-10/h5-6H,4,7H2,1-3H3,(H2,16,22)(H,20,23). The van der Waals surface area contributed by atoms with Gasteiger partial charge in [0.25, 0.3) is 17.7 Å². The minimum absolute atomic E-state index is 0.0732. The van der Waals surface area contributed by atoms with E-state index in [1.54, 1.807) is 30.8 Å². The van der Waals surface area contributed by atoms with E-state index in [9.17, 15) is 9.59 Å². The predicted molar refractivity (Wildman–Crippen MR) is 85.1 cm³/mol. The summed E-state index contributed by atoms with van der Waals surface area (Å²) in [5, 5.41) is 6.90. The number of primary amides is 1. The molecule has 2 aromatic rings. The van der Waals surface area contributed by atoms with Crippen LogP contribution < -0.4 is 20.5 Å². The van der Waals surface area contributed by atoms with Gasteiger partial charge in [-0.3, -0.25) is 14.3 Å². The fourth-order valence-corrected chi connectivity index (χ4v) is 2.43. The average Bonchev–Trinajstić information content (AvgIpc) is 3.21. The fourth-order valence-electron chi connectivity index (χ4n) is 2.43. The third kappa shape index (κ3) is 2.97. The zero-order chi connectivity index (χ0) is 18.2. The molecule has 0 aliphatic carbocycles. The van der Waals surface area contributed by atoms with E-state index in [1.165, 1.54) is 0 Å². The molecule has 0 radical (unpaired) electrons. The van der Waals surface area contributed by atoms with Crippen molar-refractivity contribution in [2.75, 3.05) is 6.79 Å². The number of aromatic nitrogens is 4. The highest BCUT2D eigenvalue weighted by Gasteiger charge is 2.33. The monoisotopic (exact) mass is 346 g/mol. The Labute approximate surface area is 143 Å². The minimum atomic E-state index is -0.995. The van der Waals surface area contributed by atoms with Crippen molar-refractivity contribution in [3.63, 3.8) is 0 Å². The van der Waals surface area contributed by atoms with E-state index < -0.39 is 11.4 Å². The Bertz CT molecular complexity index is 845. The van der Waals surface area contributed by atoms with Crippen LogP contribution in [0.5, 0.6) is 11.6 Å². The molecule has 2 aromatic heterocycles. The largest absolute Gasteiger partial charge is 0.449 e. The number of nitrogens with zero attached hydrogens (tertiary/aromatic N) is 4. The number of hydrogen-bond donors (Lipinski definition) is 2. The lowest BCUT2D eigenvalue weighted by atomic mass is 10.0. The van der Waals surface area contributed by atoms with Gasteiger partial charge in [0, 0.05) is 12.7 Å². The fraction of sp³-hybridized carbons (Fsp3) is 0.400. The molecule has 0 atom stereocenters. The zero-order valence-electron chi connectivity index (χ0n) is 14.1. The van der Waals surface area contributed by atoms with Crippen LogP contribution in [-0.4, -0.2) is 38.4 Å². The van der Waals surface area contributed by atoms with E-state index in [0.29, 0.717) is 12.2 Å². The number of ether oxygens (including phenoxy) is 2. The maximum Gasteiger partial charge on any atom is 0.271 e. The van der Waals surface area contributed by atoms with Crippen molar-refractivity contribution in [3.05, 3.63) is 29.5 Å². The first kappa shape index (κ1) is 16.7. The number of nitrogens with one attached hydrogen (secondary N) is 1. The maximum absolute atomic E-state index is 12.6. The Morgan fingerprint density at radius 3 is 2.80 bits per heavy atom. The van der Waals surface area contributed by atoms with E-state index in [2.05, 4.69) is 20.4 Å². The second-order valence-corrected chi connectivity index (χ2v) is 5.91. The summed E-state index contributed by atoms with van der Waals surface area (Å²) in [5.74, 6) is -0.688. The molecule has 2 amide bonds. The molecule has 3 rings (SSSR count). The summed E-state index contributed by atoms with van der Waals surface area (Å²) in [6.07, 6.45) is 1.55. The molecule has 0 spiro atoms. The third-order valence-corrected chi connectivity index (χ3v) is 3.70. The summed E-state index contributed by atoms with van der Waals surface area (Å²) in [5.41, 5.74) is 4.68. The van der Waals surface area contributed by atoms with Gasteiger partial charge in [-0.05, 0) is 26.8 Å². The van der Waals surface area contributed by atoms with E-state index in [4.69, 9.17) is 15.2 Å². The van der Waals surface area contributed by atoms with Crippen molar-refractivity contribution in [2.45, 2.75) is 32.9 Å². The smallest absolute Gasteiger partial charge is 0.271 e. The molecular formula is C15H18N6O4. The number of nitrogens with two attached hydrogens (primary N) is 1. The van der Waals surface area contributed by atoms with Gasteiger partial charge in [0.15, 0.2) is 11.5 Å². The molecule has 1 aliphatic heterocycles. The topological polar surface area (TPSA) is 134 Å². The number of rotatable bonds is 5. The Morgan fingerprint density at radius 1 is 1.36 bits per heavy atom. The van der Waals surface area contributed by atoms with Crippen LogP contribution in [0.3, 0.4) is 0 Å². The maximum atomic E-state index is 12.6. The van der Waals surface area contributed by atoms with Crippen molar-refractivity contribution < 1.29 is 19.1 Å². The van der Waals surface area contributed by atoms with Gasteiger partial charge in [-0.2, -0.15) is 10.1 Å². The second kappa shape index (κ2) is 6.04. The summed E-state index contributed by atoms with van der Waals surface area (Å²) in [6, 6.07) is 1.62. The van der Waals surface area contributed by atoms with Crippen molar-refractivity contribution in [2.24, 2.45) is 5.73 Å². The third-order valence-electron chi connectivity index (χ3n) is 3.70. The van der Waals surface area contributed by atoms with Crippen LogP contribution >= 0.6 is 0 Å². The molecule has 0 bridgehead atoms. The molecule has 0 saturated carbocycles. The molecule has 132 valence electrons. The van der Waals surface area contributed by atoms with Crippen LogP contribution in [-0.2, 0) is 12.1 Å². The van der Waals surface area contributed by atoms with Crippen LogP contribution in [0, 0.1) is 0 Å². The van der Waals surface area contributed by atoms with Crippen LogP contribution in [0.25, 0.3) is 0 Å². The molecule has 0 saturated heterocycles. The van der Waals surface area contributed by atoms with Crippen molar-refractivity contribution in [1.29, 1.82) is 0 Å². The first-order valence-corrected chi connectivity index (χ1v) is 7.65. The lowest BCUT2D eigenvalue weighted by Gasteiger charge is -2.25. The minimum Gasteiger partial charge on any atom is -0.449 e. The van der Waals surface area contributed by atoms with E-state index in [1.807, 2.05) is 6.92 Å². The van der Waals surface area contributed by atoms with Gasteiger partial charge in [0.2, 0.25) is 12.5 Å². The molecule has 1 aliphatic rings. The normalized spacial score (nSPS) is 12.9. The van der Waals surface area contributed by atoms with E-state index in [-0.39, 0.29) is 35.8 Å². The zero-order valence-corrected chi connectivity index (χ0v) is 14.1. The number of aryl methyl sites for hydroxylation is 1. The molecule has 10 heteroatoms. The van der Waals surface area contributed by atoms with Gasteiger partial charge in [-0.25, -0.2) is 4.98 Å². The first-order valence-electron chi connectivity index (χ1n) is 7.65.